The van der Waals surface area contributed by atoms with Crippen molar-refractivity contribution in [1.82, 2.24) is 4.90 Å². The molecule has 1 atom stereocenters. The van der Waals surface area contributed by atoms with E-state index >= 15 is 0 Å². The van der Waals surface area contributed by atoms with E-state index in [9.17, 15) is 9.90 Å². The molecular weight excluding hydrogens is 508 g/mol. The highest BCUT2D eigenvalue weighted by Gasteiger charge is 2.43. The topological polar surface area (TPSA) is 75.8 Å². The quantitative estimate of drug-likeness (QED) is 0.219. The zero-order chi connectivity index (χ0) is 28.9. The molecule has 0 aromatic heterocycles. The minimum absolute atomic E-state index is 0.141. The largest absolute Gasteiger partial charge is 0.508 e. The van der Waals surface area contributed by atoms with E-state index in [4.69, 9.17) is 10.5 Å². The summed E-state index contributed by atoms with van der Waals surface area (Å²) in [7, 11) is 0. The maximum absolute atomic E-state index is 13.2. The standard InChI is InChI=1S/C36H40N2O3/c1-35(2,20-21-36(34(37)40,30-14-5-3-6-15-30)31-16-7-4-8-17-31)38-22-19-33(25-38)41-26-27-11-9-12-28(23-27)29-13-10-18-32(39)24-29/h3-18,23-24,33,39H,19-22,25-26H2,1-2H3,(H2,37,40). The number of nitrogens with zero attached hydrogens (tertiary/aromatic N) is 1. The van der Waals surface area contributed by atoms with Gasteiger partial charge in [0.1, 0.15) is 5.75 Å². The fourth-order valence-electron chi connectivity index (χ4n) is 6.11. The maximum atomic E-state index is 13.2. The number of phenols is 1. The summed E-state index contributed by atoms with van der Waals surface area (Å²) in [5.41, 5.74) is 10.2. The molecule has 1 saturated heterocycles. The van der Waals surface area contributed by atoms with Crippen LogP contribution >= 0.6 is 0 Å². The third kappa shape index (κ3) is 6.37. The molecule has 5 nitrogen and oxygen atoms in total. The maximum Gasteiger partial charge on any atom is 0.232 e. The van der Waals surface area contributed by atoms with Crippen LogP contribution in [0.4, 0.5) is 0 Å². The summed E-state index contributed by atoms with van der Waals surface area (Å²) in [6.07, 6.45) is 2.53. The molecule has 1 amide bonds. The van der Waals surface area contributed by atoms with Crippen molar-refractivity contribution in [2.24, 2.45) is 5.73 Å². The molecule has 0 spiro atoms. The van der Waals surface area contributed by atoms with Gasteiger partial charge in [0.2, 0.25) is 5.91 Å². The zero-order valence-corrected chi connectivity index (χ0v) is 24.0. The second kappa shape index (κ2) is 12.3. The molecule has 41 heavy (non-hydrogen) atoms. The van der Waals surface area contributed by atoms with Gasteiger partial charge in [0.05, 0.1) is 18.1 Å². The Morgan fingerprint density at radius 1 is 0.854 bits per heavy atom. The first-order chi connectivity index (χ1) is 19.8. The number of aromatic hydroxyl groups is 1. The van der Waals surface area contributed by atoms with Crippen molar-refractivity contribution in [2.75, 3.05) is 13.1 Å². The molecule has 1 aliphatic heterocycles. The molecule has 1 fully saturated rings. The number of carbonyl (C=O) groups is 1. The second-order valence-corrected chi connectivity index (χ2v) is 11.7. The van der Waals surface area contributed by atoms with Crippen molar-refractivity contribution in [3.8, 4) is 16.9 Å². The first kappa shape index (κ1) is 28.6. The Balaban J connectivity index is 1.25. The minimum atomic E-state index is -0.893. The Morgan fingerprint density at radius 3 is 2.07 bits per heavy atom. The van der Waals surface area contributed by atoms with Gasteiger partial charge in [0.25, 0.3) is 0 Å². The molecule has 212 valence electrons. The second-order valence-electron chi connectivity index (χ2n) is 11.7. The highest BCUT2D eigenvalue weighted by Crippen LogP contribution is 2.40. The molecule has 1 heterocycles. The first-order valence-electron chi connectivity index (χ1n) is 14.4. The molecule has 1 aliphatic rings. The predicted molar refractivity (Wildman–Crippen MR) is 164 cm³/mol. The van der Waals surface area contributed by atoms with Gasteiger partial charge in [-0.2, -0.15) is 0 Å². The number of likely N-dealkylation sites (tertiary alicyclic amines) is 1. The number of hydrogen-bond acceptors (Lipinski definition) is 4. The normalized spacial score (nSPS) is 16.1. The van der Waals surface area contributed by atoms with Gasteiger partial charge in [-0.3, -0.25) is 9.69 Å². The van der Waals surface area contributed by atoms with E-state index in [0.29, 0.717) is 13.0 Å². The van der Waals surface area contributed by atoms with Gasteiger partial charge in [-0.25, -0.2) is 0 Å². The molecule has 0 saturated carbocycles. The first-order valence-corrected chi connectivity index (χ1v) is 14.4. The summed E-state index contributed by atoms with van der Waals surface area (Å²) < 4.78 is 6.39. The van der Waals surface area contributed by atoms with Gasteiger partial charge >= 0.3 is 0 Å². The van der Waals surface area contributed by atoms with E-state index in [1.54, 1.807) is 12.1 Å². The molecule has 0 aliphatic carbocycles. The highest BCUT2D eigenvalue weighted by atomic mass is 16.5. The average molecular weight is 549 g/mol. The highest BCUT2D eigenvalue weighted by molar-refractivity contribution is 5.90. The summed E-state index contributed by atoms with van der Waals surface area (Å²) in [6, 6.07) is 35.5. The lowest BCUT2D eigenvalue weighted by Crippen LogP contribution is -2.47. The van der Waals surface area contributed by atoms with Crippen molar-refractivity contribution < 1.29 is 14.6 Å². The van der Waals surface area contributed by atoms with Crippen LogP contribution in [0.5, 0.6) is 5.75 Å². The fraction of sp³-hybridized carbons (Fsp3) is 0.306. The van der Waals surface area contributed by atoms with Gasteiger partial charge in [-0.1, -0.05) is 91.0 Å². The van der Waals surface area contributed by atoms with Crippen LogP contribution in [0, 0.1) is 0 Å². The molecule has 4 aromatic carbocycles. The van der Waals surface area contributed by atoms with E-state index in [2.05, 4.69) is 36.9 Å². The summed E-state index contributed by atoms with van der Waals surface area (Å²) in [4.78, 5) is 15.7. The van der Waals surface area contributed by atoms with Crippen LogP contribution in [0.25, 0.3) is 11.1 Å². The van der Waals surface area contributed by atoms with Crippen LogP contribution in [-0.2, 0) is 21.6 Å². The summed E-state index contributed by atoms with van der Waals surface area (Å²) in [5.74, 6) is -0.0558. The summed E-state index contributed by atoms with van der Waals surface area (Å²) >= 11 is 0. The van der Waals surface area contributed by atoms with Crippen molar-refractivity contribution in [3.05, 3.63) is 126 Å². The van der Waals surface area contributed by atoms with Gasteiger partial charge in [-0.15, -0.1) is 0 Å². The number of ether oxygens (including phenoxy) is 1. The van der Waals surface area contributed by atoms with Crippen molar-refractivity contribution in [1.29, 1.82) is 0 Å². The van der Waals surface area contributed by atoms with Crippen LogP contribution in [0.15, 0.2) is 109 Å². The smallest absolute Gasteiger partial charge is 0.232 e. The molecule has 1 unspecified atom stereocenters. The summed E-state index contributed by atoms with van der Waals surface area (Å²) in [6.45, 7) is 6.85. The number of nitrogens with two attached hydrogens (primary N) is 1. The molecular formula is C36H40N2O3. The Bertz CT molecular complexity index is 1410. The van der Waals surface area contributed by atoms with Crippen molar-refractivity contribution in [2.45, 2.75) is 56.8 Å². The van der Waals surface area contributed by atoms with Gasteiger partial charge in [-0.05, 0) is 79.1 Å². The molecule has 4 aromatic rings. The lowest BCUT2D eigenvalue weighted by atomic mass is 9.69. The predicted octanol–water partition coefficient (Wildman–Crippen LogP) is 6.68. The molecule has 0 bridgehead atoms. The van der Waals surface area contributed by atoms with Crippen LogP contribution in [-0.4, -0.2) is 40.6 Å². The van der Waals surface area contributed by atoms with Gasteiger partial charge < -0.3 is 15.6 Å². The average Bonchev–Trinajstić information content (AvgIpc) is 3.48. The third-order valence-corrected chi connectivity index (χ3v) is 8.66. The number of carbonyl (C=O) groups excluding carboxylic acids is 1. The molecule has 0 radical (unpaired) electrons. The molecule has 5 rings (SSSR count). The number of primary amides is 1. The Labute approximate surface area is 243 Å². The van der Waals surface area contributed by atoms with E-state index < -0.39 is 5.41 Å². The lowest BCUT2D eigenvalue weighted by Gasteiger charge is -2.40. The van der Waals surface area contributed by atoms with Crippen LogP contribution < -0.4 is 5.73 Å². The van der Waals surface area contributed by atoms with E-state index in [-0.39, 0.29) is 23.3 Å². The minimum Gasteiger partial charge on any atom is -0.508 e. The Hall–Kier alpha value is -3.93. The van der Waals surface area contributed by atoms with E-state index in [0.717, 1.165) is 53.7 Å². The third-order valence-electron chi connectivity index (χ3n) is 8.66. The molecule has 5 heteroatoms. The monoisotopic (exact) mass is 548 g/mol. The van der Waals surface area contributed by atoms with Crippen LogP contribution in [0.1, 0.15) is 49.8 Å². The van der Waals surface area contributed by atoms with Gasteiger partial charge in [0.15, 0.2) is 0 Å². The lowest BCUT2D eigenvalue weighted by molar-refractivity contribution is -0.122. The van der Waals surface area contributed by atoms with Gasteiger partial charge in [0, 0.05) is 18.6 Å². The van der Waals surface area contributed by atoms with E-state index in [1.165, 1.54) is 0 Å². The number of amides is 1. The zero-order valence-electron chi connectivity index (χ0n) is 24.0. The number of benzene rings is 4. The fourth-order valence-corrected chi connectivity index (χ4v) is 6.11. The van der Waals surface area contributed by atoms with Crippen molar-refractivity contribution >= 4 is 5.91 Å². The van der Waals surface area contributed by atoms with Crippen molar-refractivity contribution in [3.63, 3.8) is 0 Å². The van der Waals surface area contributed by atoms with E-state index in [1.807, 2.05) is 78.9 Å². The van der Waals surface area contributed by atoms with Crippen LogP contribution in [0.2, 0.25) is 0 Å². The number of phenolic OH excluding ortho intramolecular Hbond substituents is 1. The molecule has 3 N–H and O–H groups in total. The van der Waals surface area contributed by atoms with Crippen LogP contribution in [0.3, 0.4) is 0 Å². The number of rotatable bonds is 11. The number of hydrogen-bond donors (Lipinski definition) is 2. The SMILES string of the molecule is CC(C)(CCC(C(N)=O)(c1ccccc1)c1ccccc1)N1CCC(OCc2cccc(-c3cccc(O)c3)c2)C1. The summed E-state index contributed by atoms with van der Waals surface area (Å²) in [5, 5.41) is 9.85. The Morgan fingerprint density at radius 2 is 1.46 bits per heavy atom. The Kier molecular flexibility index (Phi) is 8.57.